The molecule has 0 spiro atoms. The van der Waals surface area contributed by atoms with E-state index in [1.807, 2.05) is 12.1 Å². The Balaban J connectivity index is 1.53. The van der Waals surface area contributed by atoms with Gasteiger partial charge in [-0.2, -0.15) is 0 Å². The Labute approximate surface area is 139 Å². The average molecular weight is 327 g/mol. The van der Waals surface area contributed by atoms with Crippen LogP contribution < -0.4 is 15.5 Å². The standard InChI is InChI=1S/C18H18FN3O2/c19-13-3-1-4-15(11-13)20-12-17(23)21-14-6-8-16(9-7-14)22-10-2-5-18(22)24/h1,3-4,6-9,11,20H,2,5,10,12H2,(H,21,23). The number of rotatable bonds is 5. The molecule has 6 heteroatoms. The van der Waals surface area contributed by atoms with Crippen molar-refractivity contribution in [1.82, 2.24) is 0 Å². The SMILES string of the molecule is O=C(CNc1cccc(F)c1)Nc1ccc(N2CCCC2=O)cc1. The molecule has 1 aliphatic rings. The number of anilines is 3. The van der Waals surface area contributed by atoms with E-state index >= 15 is 0 Å². The van der Waals surface area contributed by atoms with Crippen molar-refractivity contribution in [2.75, 3.05) is 28.6 Å². The molecule has 1 saturated heterocycles. The van der Waals surface area contributed by atoms with Crippen LogP contribution in [0.25, 0.3) is 0 Å². The van der Waals surface area contributed by atoms with E-state index in [4.69, 9.17) is 0 Å². The smallest absolute Gasteiger partial charge is 0.243 e. The van der Waals surface area contributed by atoms with Crippen molar-refractivity contribution in [2.24, 2.45) is 0 Å². The first-order valence-electron chi connectivity index (χ1n) is 7.81. The fraction of sp³-hybridized carbons (Fsp3) is 0.222. The molecule has 0 aromatic heterocycles. The highest BCUT2D eigenvalue weighted by atomic mass is 19.1. The number of benzene rings is 2. The summed E-state index contributed by atoms with van der Waals surface area (Å²) in [7, 11) is 0. The van der Waals surface area contributed by atoms with E-state index in [1.165, 1.54) is 12.1 Å². The third-order valence-corrected chi connectivity index (χ3v) is 3.81. The second-order valence-electron chi connectivity index (χ2n) is 5.61. The van der Waals surface area contributed by atoms with Crippen LogP contribution in [-0.2, 0) is 9.59 Å². The molecule has 1 heterocycles. The Bertz CT molecular complexity index is 746. The number of nitrogens with zero attached hydrogens (tertiary/aromatic N) is 1. The minimum absolute atomic E-state index is 0.0375. The van der Waals surface area contributed by atoms with Gasteiger partial charge < -0.3 is 15.5 Å². The lowest BCUT2D eigenvalue weighted by Crippen LogP contribution is -2.24. The maximum Gasteiger partial charge on any atom is 0.243 e. The van der Waals surface area contributed by atoms with E-state index in [0.717, 1.165) is 18.7 Å². The number of halogens is 1. The van der Waals surface area contributed by atoms with Gasteiger partial charge >= 0.3 is 0 Å². The second kappa shape index (κ2) is 7.12. The van der Waals surface area contributed by atoms with Crippen LogP contribution in [0.2, 0.25) is 0 Å². The zero-order chi connectivity index (χ0) is 16.9. The first-order valence-corrected chi connectivity index (χ1v) is 7.81. The van der Waals surface area contributed by atoms with Crippen LogP contribution in [0.3, 0.4) is 0 Å². The molecule has 0 bridgehead atoms. The number of hydrogen-bond donors (Lipinski definition) is 2. The van der Waals surface area contributed by atoms with E-state index in [-0.39, 0.29) is 24.2 Å². The highest BCUT2D eigenvalue weighted by Crippen LogP contribution is 2.23. The number of nitrogens with one attached hydrogen (secondary N) is 2. The van der Waals surface area contributed by atoms with Crippen molar-refractivity contribution in [1.29, 1.82) is 0 Å². The highest BCUT2D eigenvalue weighted by molar-refractivity contribution is 5.96. The molecule has 3 rings (SSSR count). The van der Waals surface area contributed by atoms with Crippen LogP contribution in [0.5, 0.6) is 0 Å². The van der Waals surface area contributed by atoms with Gasteiger partial charge in [0.15, 0.2) is 0 Å². The molecule has 5 nitrogen and oxygen atoms in total. The van der Waals surface area contributed by atoms with E-state index in [9.17, 15) is 14.0 Å². The van der Waals surface area contributed by atoms with Gasteiger partial charge in [0.1, 0.15) is 5.82 Å². The van der Waals surface area contributed by atoms with E-state index in [1.54, 1.807) is 29.2 Å². The molecule has 1 fully saturated rings. The van der Waals surface area contributed by atoms with Crippen LogP contribution >= 0.6 is 0 Å². The average Bonchev–Trinajstić information content (AvgIpc) is 3.00. The summed E-state index contributed by atoms with van der Waals surface area (Å²) in [5.41, 5.74) is 2.04. The molecule has 2 aromatic carbocycles. The zero-order valence-electron chi connectivity index (χ0n) is 13.1. The Morgan fingerprint density at radius 2 is 1.92 bits per heavy atom. The molecule has 2 amide bonds. The molecular formula is C18H18FN3O2. The van der Waals surface area contributed by atoms with Gasteiger partial charge in [-0.05, 0) is 48.9 Å². The lowest BCUT2D eigenvalue weighted by molar-refractivity contribution is -0.117. The fourth-order valence-electron chi connectivity index (χ4n) is 2.63. The molecule has 2 N–H and O–H groups in total. The Kier molecular flexibility index (Phi) is 4.74. The summed E-state index contributed by atoms with van der Waals surface area (Å²) in [6.45, 7) is 0.776. The minimum atomic E-state index is -0.354. The summed E-state index contributed by atoms with van der Waals surface area (Å²) in [5.74, 6) is -0.456. The van der Waals surface area contributed by atoms with Gasteiger partial charge in [-0.1, -0.05) is 6.07 Å². The van der Waals surface area contributed by atoms with Gasteiger partial charge in [-0.3, -0.25) is 9.59 Å². The van der Waals surface area contributed by atoms with Crippen molar-refractivity contribution in [2.45, 2.75) is 12.8 Å². The lowest BCUT2D eigenvalue weighted by atomic mass is 10.2. The van der Waals surface area contributed by atoms with Crippen LogP contribution in [0.1, 0.15) is 12.8 Å². The zero-order valence-corrected chi connectivity index (χ0v) is 13.1. The highest BCUT2D eigenvalue weighted by Gasteiger charge is 2.21. The summed E-state index contributed by atoms with van der Waals surface area (Å²) in [4.78, 5) is 25.4. The van der Waals surface area contributed by atoms with Gasteiger partial charge in [0, 0.05) is 30.0 Å². The Hall–Kier alpha value is -2.89. The van der Waals surface area contributed by atoms with Crippen molar-refractivity contribution in [3.63, 3.8) is 0 Å². The van der Waals surface area contributed by atoms with Crippen molar-refractivity contribution < 1.29 is 14.0 Å². The molecule has 0 radical (unpaired) electrons. The third-order valence-electron chi connectivity index (χ3n) is 3.81. The maximum absolute atomic E-state index is 13.1. The second-order valence-corrected chi connectivity index (χ2v) is 5.61. The van der Waals surface area contributed by atoms with E-state index < -0.39 is 0 Å². The van der Waals surface area contributed by atoms with Gasteiger partial charge in [0.2, 0.25) is 11.8 Å². The predicted octanol–water partition coefficient (Wildman–Crippen LogP) is 3.00. The quantitative estimate of drug-likeness (QED) is 0.887. The van der Waals surface area contributed by atoms with Crippen molar-refractivity contribution in [3.05, 3.63) is 54.3 Å². The lowest BCUT2D eigenvalue weighted by Gasteiger charge is -2.16. The molecule has 1 aliphatic heterocycles. The van der Waals surface area contributed by atoms with Crippen LogP contribution in [-0.4, -0.2) is 24.9 Å². The third kappa shape index (κ3) is 3.90. The monoisotopic (exact) mass is 327 g/mol. The molecular weight excluding hydrogens is 309 g/mol. The first-order chi connectivity index (χ1) is 11.6. The van der Waals surface area contributed by atoms with Gasteiger partial charge in [0.25, 0.3) is 0 Å². The molecule has 2 aromatic rings. The number of carbonyl (C=O) groups is 2. The summed E-state index contributed by atoms with van der Waals surface area (Å²) >= 11 is 0. The molecule has 24 heavy (non-hydrogen) atoms. The Morgan fingerprint density at radius 1 is 1.12 bits per heavy atom. The molecule has 124 valence electrons. The topological polar surface area (TPSA) is 61.4 Å². The molecule has 0 unspecified atom stereocenters. The van der Waals surface area contributed by atoms with Crippen molar-refractivity contribution >= 4 is 28.9 Å². The first kappa shape index (κ1) is 16.0. The summed E-state index contributed by atoms with van der Waals surface area (Å²) < 4.78 is 13.1. The largest absolute Gasteiger partial charge is 0.376 e. The summed E-state index contributed by atoms with van der Waals surface area (Å²) in [6.07, 6.45) is 1.47. The Morgan fingerprint density at radius 3 is 2.58 bits per heavy atom. The maximum atomic E-state index is 13.1. The van der Waals surface area contributed by atoms with Gasteiger partial charge in [-0.25, -0.2) is 4.39 Å². The van der Waals surface area contributed by atoms with Gasteiger partial charge in [0.05, 0.1) is 6.54 Å². The van der Waals surface area contributed by atoms with Crippen molar-refractivity contribution in [3.8, 4) is 0 Å². The predicted molar refractivity (Wildman–Crippen MR) is 91.5 cm³/mol. The number of carbonyl (C=O) groups excluding carboxylic acids is 2. The molecule has 0 saturated carbocycles. The fourth-order valence-corrected chi connectivity index (χ4v) is 2.63. The van der Waals surface area contributed by atoms with Gasteiger partial charge in [-0.15, -0.1) is 0 Å². The number of hydrogen-bond acceptors (Lipinski definition) is 3. The van der Waals surface area contributed by atoms with E-state index in [0.29, 0.717) is 17.8 Å². The number of amides is 2. The van der Waals surface area contributed by atoms with E-state index in [2.05, 4.69) is 10.6 Å². The molecule has 0 aliphatic carbocycles. The normalized spacial score (nSPS) is 13.9. The van der Waals surface area contributed by atoms with Crippen LogP contribution in [0.4, 0.5) is 21.5 Å². The minimum Gasteiger partial charge on any atom is -0.376 e. The van der Waals surface area contributed by atoms with Crippen LogP contribution in [0, 0.1) is 5.82 Å². The summed E-state index contributed by atoms with van der Waals surface area (Å²) in [6, 6.07) is 13.1. The van der Waals surface area contributed by atoms with Crippen LogP contribution in [0.15, 0.2) is 48.5 Å². The summed E-state index contributed by atoms with van der Waals surface area (Å²) in [5, 5.41) is 5.62. The molecule has 0 atom stereocenters.